The number of ether oxygens (including phenoxy) is 1. The molecule has 36 heavy (non-hydrogen) atoms. The van der Waals surface area contributed by atoms with Gasteiger partial charge in [-0.1, -0.05) is 47.5 Å². The van der Waals surface area contributed by atoms with Gasteiger partial charge in [-0.3, -0.25) is 9.10 Å². The number of para-hydroxylation sites is 1. The molecule has 0 aromatic heterocycles. The molecule has 11 heteroatoms. The molecule has 0 fully saturated rings. The molecule has 0 aliphatic rings. The molecule has 0 aliphatic carbocycles. The van der Waals surface area contributed by atoms with Crippen LogP contribution in [-0.2, 0) is 27.5 Å². The molecular weight excluding hydrogens is 517 g/mol. The highest BCUT2D eigenvalue weighted by Gasteiger charge is 2.35. The van der Waals surface area contributed by atoms with Crippen LogP contribution in [0.4, 0.5) is 18.9 Å². The minimum atomic E-state index is -4.82. The average molecular weight is 541 g/mol. The van der Waals surface area contributed by atoms with Gasteiger partial charge < -0.3 is 10.1 Å². The summed E-state index contributed by atoms with van der Waals surface area (Å²) in [7, 11) is -4.40. The summed E-state index contributed by atoms with van der Waals surface area (Å²) in [6.07, 6.45) is -4.82. The van der Waals surface area contributed by atoms with Crippen molar-refractivity contribution in [1.29, 1.82) is 0 Å². The molecule has 1 amide bonds. The fraction of sp³-hybridized carbons (Fsp3) is 0.240. The Morgan fingerprint density at radius 1 is 1.06 bits per heavy atom. The molecule has 0 unspecified atom stereocenters. The lowest BCUT2D eigenvalue weighted by atomic mass is 10.2. The second-order valence-electron chi connectivity index (χ2n) is 7.80. The van der Waals surface area contributed by atoms with Crippen molar-refractivity contribution in [3.8, 4) is 5.75 Å². The first-order valence-electron chi connectivity index (χ1n) is 10.9. The van der Waals surface area contributed by atoms with Crippen LogP contribution < -0.4 is 14.4 Å². The number of carbonyl (C=O) groups excluding carboxylic acids is 1. The van der Waals surface area contributed by atoms with Crippen molar-refractivity contribution in [2.24, 2.45) is 0 Å². The van der Waals surface area contributed by atoms with Crippen LogP contribution in [0.25, 0.3) is 0 Å². The largest absolute Gasteiger partial charge is 0.494 e. The second kappa shape index (κ2) is 11.2. The topological polar surface area (TPSA) is 75.7 Å². The smallest absolute Gasteiger partial charge is 0.417 e. The van der Waals surface area contributed by atoms with Crippen molar-refractivity contribution < 1.29 is 31.1 Å². The monoisotopic (exact) mass is 540 g/mol. The summed E-state index contributed by atoms with van der Waals surface area (Å²) >= 11 is 5.72. The first kappa shape index (κ1) is 27.3. The van der Waals surface area contributed by atoms with Gasteiger partial charge >= 0.3 is 6.18 Å². The van der Waals surface area contributed by atoms with Gasteiger partial charge in [0, 0.05) is 12.1 Å². The van der Waals surface area contributed by atoms with Gasteiger partial charge in [0.1, 0.15) is 12.3 Å². The molecule has 0 saturated heterocycles. The van der Waals surface area contributed by atoms with E-state index in [4.69, 9.17) is 16.3 Å². The van der Waals surface area contributed by atoms with E-state index >= 15 is 0 Å². The summed E-state index contributed by atoms with van der Waals surface area (Å²) in [5, 5.41) is 2.03. The molecular formula is C25H24ClF3N2O4S. The van der Waals surface area contributed by atoms with Crippen LogP contribution in [0.15, 0.2) is 71.6 Å². The molecule has 0 heterocycles. The van der Waals surface area contributed by atoms with E-state index in [1.54, 1.807) is 43.3 Å². The molecule has 6 nitrogen and oxygen atoms in total. The van der Waals surface area contributed by atoms with Crippen LogP contribution in [0.2, 0.25) is 5.02 Å². The molecule has 0 aliphatic heterocycles. The number of rotatable bonds is 9. The van der Waals surface area contributed by atoms with Crippen molar-refractivity contribution in [1.82, 2.24) is 5.32 Å². The maximum absolute atomic E-state index is 13.5. The van der Waals surface area contributed by atoms with Crippen LogP contribution in [0.5, 0.6) is 5.75 Å². The maximum atomic E-state index is 13.5. The lowest BCUT2D eigenvalue weighted by molar-refractivity contribution is -0.137. The van der Waals surface area contributed by atoms with Crippen molar-refractivity contribution in [2.45, 2.75) is 31.5 Å². The van der Waals surface area contributed by atoms with Crippen LogP contribution >= 0.6 is 11.6 Å². The van der Waals surface area contributed by atoms with Gasteiger partial charge in [0.2, 0.25) is 5.91 Å². The minimum Gasteiger partial charge on any atom is -0.494 e. The van der Waals surface area contributed by atoms with Gasteiger partial charge in [0.15, 0.2) is 0 Å². The quantitative estimate of drug-likeness (QED) is 0.384. The third-order valence-corrected chi connectivity index (χ3v) is 7.31. The molecule has 192 valence electrons. The Bertz CT molecular complexity index is 1330. The van der Waals surface area contributed by atoms with E-state index in [9.17, 15) is 26.4 Å². The predicted octanol–water partition coefficient (Wildman–Crippen LogP) is 5.58. The van der Waals surface area contributed by atoms with E-state index in [0.717, 1.165) is 17.7 Å². The van der Waals surface area contributed by atoms with Gasteiger partial charge in [-0.05, 0) is 50.2 Å². The van der Waals surface area contributed by atoms with Crippen LogP contribution in [0, 0.1) is 6.92 Å². The van der Waals surface area contributed by atoms with Gasteiger partial charge in [0.05, 0.1) is 27.8 Å². The van der Waals surface area contributed by atoms with Gasteiger partial charge in [-0.15, -0.1) is 0 Å². The lowest BCUT2D eigenvalue weighted by Crippen LogP contribution is -2.40. The number of nitrogens with one attached hydrogen (secondary N) is 1. The number of alkyl halides is 3. The summed E-state index contributed by atoms with van der Waals surface area (Å²) in [5.74, 6) is -0.169. The Balaban J connectivity index is 1.95. The first-order chi connectivity index (χ1) is 16.9. The first-order valence-corrected chi connectivity index (χ1v) is 12.7. The van der Waals surface area contributed by atoms with E-state index in [2.05, 4.69) is 5.32 Å². The standard InChI is InChI=1S/C25H24ClF3N2O4S/c1-3-35-23-7-5-4-6-18(23)15-30-24(32)16-31(36(33,34)20-11-8-17(2)9-12-20)19-10-13-22(26)21(14-19)25(27,28)29/h4-14H,3,15-16H2,1-2H3,(H,30,32). The maximum Gasteiger partial charge on any atom is 0.417 e. The number of benzene rings is 3. The Labute approximate surface area is 212 Å². The number of hydrogen-bond acceptors (Lipinski definition) is 4. The molecule has 3 aromatic carbocycles. The third kappa shape index (κ3) is 6.50. The van der Waals surface area contributed by atoms with Gasteiger partial charge in [-0.25, -0.2) is 8.42 Å². The molecule has 3 rings (SSSR count). The molecule has 1 N–H and O–H groups in total. The number of carbonyl (C=O) groups is 1. The zero-order valence-corrected chi connectivity index (χ0v) is 21.0. The fourth-order valence-electron chi connectivity index (χ4n) is 3.36. The lowest BCUT2D eigenvalue weighted by Gasteiger charge is -2.25. The molecule has 0 bridgehead atoms. The number of amides is 1. The number of anilines is 1. The Hall–Kier alpha value is -3.24. The van der Waals surface area contributed by atoms with E-state index in [1.807, 2.05) is 6.92 Å². The van der Waals surface area contributed by atoms with Gasteiger partial charge in [-0.2, -0.15) is 13.2 Å². The van der Waals surface area contributed by atoms with Crippen molar-refractivity contribution in [3.05, 3.63) is 88.4 Å². The zero-order valence-electron chi connectivity index (χ0n) is 19.5. The highest BCUT2D eigenvalue weighted by atomic mass is 35.5. The summed E-state index contributed by atoms with van der Waals surface area (Å²) < 4.78 is 73.5. The zero-order chi connectivity index (χ0) is 26.5. The highest BCUT2D eigenvalue weighted by molar-refractivity contribution is 7.92. The summed E-state index contributed by atoms with van der Waals surface area (Å²) in [5.41, 5.74) is -0.113. The number of nitrogens with zero attached hydrogens (tertiary/aromatic N) is 1. The van der Waals surface area contributed by atoms with E-state index in [1.165, 1.54) is 12.1 Å². The molecule has 0 saturated carbocycles. The van der Waals surface area contributed by atoms with Crippen molar-refractivity contribution >= 4 is 33.2 Å². The van der Waals surface area contributed by atoms with E-state index in [-0.39, 0.29) is 17.1 Å². The second-order valence-corrected chi connectivity index (χ2v) is 10.1. The summed E-state index contributed by atoms with van der Waals surface area (Å²) in [6, 6.07) is 15.4. The number of sulfonamides is 1. The minimum absolute atomic E-state index is 0.0296. The molecule has 0 spiro atoms. The summed E-state index contributed by atoms with van der Waals surface area (Å²) in [6.45, 7) is 3.25. The Morgan fingerprint density at radius 3 is 2.36 bits per heavy atom. The van der Waals surface area contributed by atoms with Crippen molar-refractivity contribution in [2.75, 3.05) is 17.5 Å². The number of halogens is 4. The molecule has 3 aromatic rings. The average Bonchev–Trinajstić information content (AvgIpc) is 2.82. The highest BCUT2D eigenvalue weighted by Crippen LogP contribution is 2.38. The number of hydrogen-bond donors (Lipinski definition) is 1. The Morgan fingerprint density at radius 2 is 1.72 bits per heavy atom. The summed E-state index contributed by atoms with van der Waals surface area (Å²) in [4.78, 5) is 12.7. The Kier molecular flexibility index (Phi) is 8.52. The SMILES string of the molecule is CCOc1ccccc1CNC(=O)CN(c1ccc(Cl)c(C(F)(F)F)c1)S(=O)(=O)c1ccc(C)cc1. The molecule has 0 atom stereocenters. The fourth-order valence-corrected chi connectivity index (χ4v) is 5.00. The van der Waals surface area contributed by atoms with E-state index < -0.39 is 39.2 Å². The van der Waals surface area contributed by atoms with Crippen molar-refractivity contribution in [3.63, 3.8) is 0 Å². The van der Waals surface area contributed by atoms with Gasteiger partial charge in [0.25, 0.3) is 10.0 Å². The predicted molar refractivity (Wildman–Crippen MR) is 132 cm³/mol. The third-order valence-electron chi connectivity index (χ3n) is 5.19. The van der Waals surface area contributed by atoms with E-state index in [0.29, 0.717) is 28.3 Å². The number of aryl methyl sites for hydroxylation is 1. The molecule has 0 radical (unpaired) electrons. The van der Waals surface area contributed by atoms with Crippen LogP contribution in [0.1, 0.15) is 23.6 Å². The van der Waals surface area contributed by atoms with Crippen LogP contribution in [0.3, 0.4) is 0 Å². The van der Waals surface area contributed by atoms with Crippen LogP contribution in [-0.4, -0.2) is 27.5 Å². The normalized spacial score (nSPS) is 11.7.